The molecule has 1 fully saturated rings. The molecular weight excluding hydrogens is 236 g/mol. The van der Waals surface area contributed by atoms with Crippen LogP contribution >= 0.6 is 11.6 Å². The number of piperazine rings is 1. The maximum absolute atomic E-state index is 6.11. The Bertz CT molecular complexity index is 375. The molecule has 1 aliphatic rings. The molecule has 4 nitrogen and oxygen atoms in total. The zero-order valence-electron chi connectivity index (χ0n) is 10.4. The molecule has 94 valence electrons. The molecular formula is C12H19ClN4. The number of nitrogens with zero attached hydrogens (tertiary/aromatic N) is 3. The molecule has 0 aromatic carbocycles. The van der Waals surface area contributed by atoms with Crippen molar-refractivity contribution >= 4 is 17.4 Å². The van der Waals surface area contributed by atoms with Gasteiger partial charge in [-0.2, -0.15) is 0 Å². The molecule has 5 heteroatoms. The van der Waals surface area contributed by atoms with Crippen LogP contribution in [0, 0.1) is 0 Å². The minimum Gasteiger partial charge on any atom is -0.354 e. The average Bonchev–Trinajstić information content (AvgIpc) is 2.33. The van der Waals surface area contributed by atoms with E-state index in [2.05, 4.69) is 27.1 Å². The summed E-state index contributed by atoms with van der Waals surface area (Å²) in [6.07, 6.45) is 0. The fraction of sp³-hybridized carbons (Fsp3) is 0.583. The molecule has 1 N–H and O–H groups in total. The Hall–Kier alpha value is -0.840. The van der Waals surface area contributed by atoms with E-state index in [1.54, 1.807) is 0 Å². The van der Waals surface area contributed by atoms with Crippen LogP contribution in [0.1, 0.15) is 5.69 Å². The summed E-state index contributed by atoms with van der Waals surface area (Å²) in [5.41, 5.74) is 0.922. The Morgan fingerprint density at radius 1 is 1.29 bits per heavy atom. The molecule has 0 saturated carbocycles. The quantitative estimate of drug-likeness (QED) is 0.879. The number of pyridine rings is 1. The Balaban J connectivity index is 2.12. The highest BCUT2D eigenvalue weighted by Crippen LogP contribution is 2.20. The molecule has 0 unspecified atom stereocenters. The molecule has 1 saturated heterocycles. The van der Waals surface area contributed by atoms with Crippen LogP contribution in [-0.2, 0) is 6.54 Å². The van der Waals surface area contributed by atoms with E-state index in [4.69, 9.17) is 11.6 Å². The van der Waals surface area contributed by atoms with Crippen molar-refractivity contribution in [3.63, 3.8) is 0 Å². The van der Waals surface area contributed by atoms with E-state index in [1.165, 1.54) is 0 Å². The van der Waals surface area contributed by atoms with E-state index in [0.29, 0.717) is 6.54 Å². The molecule has 0 amide bonds. The van der Waals surface area contributed by atoms with E-state index < -0.39 is 0 Å². The van der Waals surface area contributed by atoms with E-state index in [1.807, 2.05) is 19.2 Å². The summed E-state index contributed by atoms with van der Waals surface area (Å²) in [6.45, 7) is 4.95. The predicted octanol–water partition coefficient (Wildman–Crippen LogP) is 1.21. The molecule has 0 atom stereocenters. The van der Waals surface area contributed by atoms with Crippen molar-refractivity contribution in [2.24, 2.45) is 0 Å². The smallest absolute Gasteiger partial charge is 0.129 e. The highest BCUT2D eigenvalue weighted by atomic mass is 35.5. The van der Waals surface area contributed by atoms with Crippen molar-refractivity contribution in [2.45, 2.75) is 6.54 Å². The lowest BCUT2D eigenvalue weighted by atomic mass is 10.3. The van der Waals surface area contributed by atoms with Gasteiger partial charge < -0.3 is 15.1 Å². The van der Waals surface area contributed by atoms with Gasteiger partial charge in [-0.05, 0) is 26.2 Å². The lowest BCUT2D eigenvalue weighted by Crippen LogP contribution is -2.44. The lowest BCUT2D eigenvalue weighted by molar-refractivity contribution is 0.312. The SMILES string of the molecule is CNCc1nc(N2CCN(C)CC2)ccc1Cl. The first-order chi connectivity index (χ1) is 8.20. The number of nitrogens with one attached hydrogen (secondary N) is 1. The highest BCUT2D eigenvalue weighted by molar-refractivity contribution is 6.31. The van der Waals surface area contributed by atoms with Gasteiger partial charge in [-0.3, -0.25) is 0 Å². The molecule has 2 heterocycles. The lowest BCUT2D eigenvalue weighted by Gasteiger charge is -2.33. The number of anilines is 1. The summed E-state index contributed by atoms with van der Waals surface area (Å²) >= 11 is 6.11. The summed E-state index contributed by atoms with van der Waals surface area (Å²) in [7, 11) is 4.06. The van der Waals surface area contributed by atoms with Crippen molar-refractivity contribution in [1.82, 2.24) is 15.2 Å². The zero-order chi connectivity index (χ0) is 12.3. The van der Waals surface area contributed by atoms with Crippen LogP contribution in [0.25, 0.3) is 0 Å². The minimum atomic E-state index is 0.709. The maximum Gasteiger partial charge on any atom is 0.129 e. The molecule has 1 aromatic rings. The van der Waals surface area contributed by atoms with Crippen LogP contribution in [-0.4, -0.2) is 50.2 Å². The van der Waals surface area contributed by atoms with Gasteiger partial charge in [0.15, 0.2) is 0 Å². The molecule has 0 aliphatic carbocycles. The second kappa shape index (κ2) is 5.67. The van der Waals surface area contributed by atoms with Crippen molar-refractivity contribution in [2.75, 3.05) is 45.2 Å². The van der Waals surface area contributed by atoms with Crippen LogP contribution in [0.5, 0.6) is 0 Å². The number of hydrogen-bond donors (Lipinski definition) is 1. The van der Waals surface area contributed by atoms with Crippen LogP contribution in [0.2, 0.25) is 5.02 Å². The number of aromatic nitrogens is 1. The molecule has 17 heavy (non-hydrogen) atoms. The van der Waals surface area contributed by atoms with E-state index in [-0.39, 0.29) is 0 Å². The minimum absolute atomic E-state index is 0.709. The van der Waals surface area contributed by atoms with Crippen molar-refractivity contribution < 1.29 is 0 Å². The number of hydrogen-bond acceptors (Lipinski definition) is 4. The van der Waals surface area contributed by atoms with Gasteiger partial charge in [-0.25, -0.2) is 4.98 Å². The first-order valence-electron chi connectivity index (χ1n) is 5.94. The third kappa shape index (κ3) is 3.09. The first kappa shape index (κ1) is 12.6. The van der Waals surface area contributed by atoms with Crippen LogP contribution in [0.15, 0.2) is 12.1 Å². The van der Waals surface area contributed by atoms with Gasteiger partial charge in [-0.1, -0.05) is 11.6 Å². The molecule has 1 aromatic heterocycles. The van der Waals surface area contributed by atoms with E-state index >= 15 is 0 Å². The average molecular weight is 255 g/mol. The third-order valence-electron chi connectivity index (χ3n) is 3.08. The van der Waals surface area contributed by atoms with Crippen molar-refractivity contribution in [1.29, 1.82) is 0 Å². The fourth-order valence-electron chi connectivity index (χ4n) is 1.98. The predicted molar refractivity (Wildman–Crippen MR) is 71.7 cm³/mol. The molecule has 1 aliphatic heterocycles. The fourth-order valence-corrected chi connectivity index (χ4v) is 2.15. The normalized spacial score (nSPS) is 17.5. The maximum atomic E-state index is 6.11. The second-order valence-corrected chi connectivity index (χ2v) is 4.83. The number of likely N-dealkylation sites (N-methyl/N-ethyl adjacent to an activating group) is 1. The molecule has 0 radical (unpaired) electrons. The number of halogens is 1. The number of rotatable bonds is 3. The van der Waals surface area contributed by atoms with Crippen LogP contribution in [0.3, 0.4) is 0 Å². The van der Waals surface area contributed by atoms with Gasteiger partial charge >= 0.3 is 0 Å². The van der Waals surface area contributed by atoms with Gasteiger partial charge in [0.2, 0.25) is 0 Å². The molecule has 2 rings (SSSR count). The monoisotopic (exact) mass is 254 g/mol. The topological polar surface area (TPSA) is 31.4 Å². The zero-order valence-corrected chi connectivity index (χ0v) is 11.2. The third-order valence-corrected chi connectivity index (χ3v) is 3.42. The summed E-state index contributed by atoms with van der Waals surface area (Å²) in [5.74, 6) is 1.03. The largest absolute Gasteiger partial charge is 0.354 e. The van der Waals surface area contributed by atoms with E-state index in [9.17, 15) is 0 Å². The Morgan fingerprint density at radius 2 is 2.00 bits per heavy atom. The molecule has 0 bridgehead atoms. The van der Waals surface area contributed by atoms with Gasteiger partial charge in [0.05, 0.1) is 10.7 Å². The van der Waals surface area contributed by atoms with E-state index in [0.717, 1.165) is 42.7 Å². The second-order valence-electron chi connectivity index (χ2n) is 4.42. The van der Waals surface area contributed by atoms with Gasteiger partial charge in [0.25, 0.3) is 0 Å². The Kier molecular flexibility index (Phi) is 4.20. The standard InChI is InChI=1S/C12H19ClN4/c1-14-9-11-10(13)3-4-12(15-11)17-7-5-16(2)6-8-17/h3-4,14H,5-9H2,1-2H3. The van der Waals surface area contributed by atoms with Crippen LogP contribution in [0.4, 0.5) is 5.82 Å². The van der Waals surface area contributed by atoms with Gasteiger partial charge in [-0.15, -0.1) is 0 Å². The highest BCUT2D eigenvalue weighted by Gasteiger charge is 2.16. The van der Waals surface area contributed by atoms with Crippen molar-refractivity contribution in [3.05, 3.63) is 22.8 Å². The van der Waals surface area contributed by atoms with Gasteiger partial charge in [0.1, 0.15) is 5.82 Å². The summed E-state index contributed by atoms with van der Waals surface area (Å²) < 4.78 is 0. The first-order valence-corrected chi connectivity index (χ1v) is 6.32. The Morgan fingerprint density at radius 3 is 2.65 bits per heavy atom. The molecule has 0 spiro atoms. The van der Waals surface area contributed by atoms with Gasteiger partial charge in [0, 0.05) is 32.7 Å². The summed E-state index contributed by atoms with van der Waals surface area (Å²) in [5, 5.41) is 3.82. The summed E-state index contributed by atoms with van der Waals surface area (Å²) in [4.78, 5) is 9.27. The van der Waals surface area contributed by atoms with Crippen LogP contribution < -0.4 is 10.2 Å². The Labute approximate surface area is 108 Å². The van der Waals surface area contributed by atoms with Crippen molar-refractivity contribution in [3.8, 4) is 0 Å². The summed E-state index contributed by atoms with van der Waals surface area (Å²) in [6, 6.07) is 3.95.